The van der Waals surface area contributed by atoms with E-state index in [0.29, 0.717) is 0 Å². The van der Waals surface area contributed by atoms with Crippen LogP contribution in [0.2, 0.25) is 0 Å². The molecule has 0 spiro atoms. The van der Waals surface area contributed by atoms with Gasteiger partial charge in [0.25, 0.3) is 0 Å². The summed E-state index contributed by atoms with van der Waals surface area (Å²) in [7, 11) is -3.88. The molecular weight excluding hydrogens is 163 g/mol. The molecule has 0 bridgehead atoms. The van der Waals surface area contributed by atoms with Crippen LogP contribution in [0.3, 0.4) is 0 Å². The topological polar surface area (TPSA) is 63.4 Å². The Morgan fingerprint density at radius 1 is 1.43 bits per heavy atom. The van der Waals surface area contributed by atoms with Crippen molar-refractivity contribution < 1.29 is 8.42 Å². The Balaban J connectivity index is 4.10. The predicted molar refractivity (Wildman–Crippen MR) is 26.7 cm³/mol. The van der Waals surface area contributed by atoms with Gasteiger partial charge in [-0.2, -0.15) is 8.42 Å². The fourth-order valence-corrected chi connectivity index (χ4v) is 0. The van der Waals surface area contributed by atoms with Gasteiger partial charge in [-0.25, -0.2) is 5.14 Å². The van der Waals surface area contributed by atoms with E-state index in [4.69, 9.17) is 0 Å². The number of hydrogen-bond donors (Lipinski definition) is 1. The molecule has 44 valence electrons. The summed E-state index contributed by atoms with van der Waals surface area (Å²) in [6.07, 6.45) is 0. The average molecular weight is 165 g/mol. The first kappa shape index (κ1) is 7.45. The van der Waals surface area contributed by atoms with Crippen LogP contribution in [-0.4, -0.2) is 11.8 Å². The van der Waals surface area contributed by atoms with Crippen LogP contribution in [0.25, 0.3) is 0 Å². The van der Waals surface area contributed by atoms with Gasteiger partial charge in [-0.3, -0.25) is 0 Å². The Kier molecular flexibility index (Phi) is 2.28. The van der Waals surface area contributed by atoms with Crippen molar-refractivity contribution in [1.29, 1.82) is 0 Å². The lowest BCUT2D eigenvalue weighted by Gasteiger charge is -1.94. The molecule has 0 aromatic heterocycles. The molecule has 0 heterocycles. The van der Waals surface area contributed by atoms with E-state index in [1.807, 2.05) is 0 Å². The maximum atomic E-state index is 9.77. The minimum Gasteiger partial charge on any atom is -0.214 e. The summed E-state index contributed by atoms with van der Waals surface area (Å²) in [5.41, 5.74) is 0. The van der Waals surface area contributed by atoms with Gasteiger partial charge >= 0.3 is 10.2 Å². The molecule has 0 saturated carbocycles. The maximum absolute atomic E-state index is 9.77. The molecule has 0 saturated heterocycles. The van der Waals surface area contributed by atoms with Gasteiger partial charge in [0.2, 0.25) is 0 Å². The van der Waals surface area contributed by atoms with Crippen molar-refractivity contribution in [3.05, 3.63) is 0 Å². The summed E-state index contributed by atoms with van der Waals surface area (Å²) in [6.45, 7) is 0. The third kappa shape index (κ3) is 3.07. The number of nitrogens with two attached hydrogens (primary N) is 1. The first-order valence-corrected chi connectivity index (χ1v) is 3.27. The van der Waals surface area contributed by atoms with Crippen molar-refractivity contribution in [2.24, 2.45) is 5.14 Å². The van der Waals surface area contributed by atoms with Crippen LogP contribution in [0.4, 0.5) is 0 Å². The largest absolute Gasteiger partial charge is 0.304 e. The fourth-order valence-electron chi connectivity index (χ4n) is 0. The van der Waals surface area contributed by atoms with Crippen LogP contribution in [-0.2, 0) is 10.2 Å². The van der Waals surface area contributed by atoms with E-state index in [2.05, 4.69) is 28.7 Å². The summed E-state index contributed by atoms with van der Waals surface area (Å²) in [6, 6.07) is 0. The van der Waals surface area contributed by atoms with Crippen LogP contribution in [0, 0.1) is 0 Å². The smallest absolute Gasteiger partial charge is 0.214 e. The zero-order valence-electron chi connectivity index (χ0n) is 3.01. The van der Waals surface area contributed by atoms with Crippen LogP contribution in [0.15, 0.2) is 0 Å². The van der Waals surface area contributed by atoms with E-state index in [1.165, 1.54) is 0 Å². The third-order valence-corrected chi connectivity index (χ3v) is 1.73. The molecule has 7 heteroatoms. The molecular formula is H2Cl2N2O2S. The van der Waals surface area contributed by atoms with Crippen LogP contribution in [0.1, 0.15) is 0 Å². The predicted octanol–water partition coefficient (Wildman–Crippen LogP) is -0.200. The Labute approximate surface area is 51.2 Å². The van der Waals surface area contributed by atoms with Crippen LogP contribution in [0.5, 0.6) is 0 Å². The molecule has 0 radical (unpaired) electrons. The van der Waals surface area contributed by atoms with Crippen molar-refractivity contribution in [3.63, 3.8) is 0 Å². The molecule has 0 aliphatic carbocycles. The molecule has 0 amide bonds. The summed E-state index contributed by atoms with van der Waals surface area (Å²) in [5, 5.41) is 4.31. The molecule has 0 rings (SSSR count). The number of hydrogen-bond acceptors (Lipinski definition) is 2. The summed E-state index contributed by atoms with van der Waals surface area (Å²) in [5.74, 6) is 0. The monoisotopic (exact) mass is 164 g/mol. The van der Waals surface area contributed by atoms with Gasteiger partial charge in [-0.1, -0.05) is 0 Å². The van der Waals surface area contributed by atoms with Gasteiger partial charge < -0.3 is 0 Å². The Morgan fingerprint density at radius 2 is 1.57 bits per heavy atom. The van der Waals surface area contributed by atoms with Crippen molar-refractivity contribution in [2.45, 2.75) is 0 Å². The quantitative estimate of drug-likeness (QED) is 0.546. The molecule has 2 N–H and O–H groups in total. The van der Waals surface area contributed by atoms with E-state index in [-0.39, 0.29) is 3.34 Å². The van der Waals surface area contributed by atoms with E-state index in [9.17, 15) is 8.42 Å². The van der Waals surface area contributed by atoms with Gasteiger partial charge in [-0.15, -0.1) is 0 Å². The van der Waals surface area contributed by atoms with E-state index in [1.54, 1.807) is 0 Å². The maximum Gasteiger partial charge on any atom is 0.304 e. The summed E-state index contributed by atoms with van der Waals surface area (Å²) >= 11 is 9.28. The zero-order chi connectivity index (χ0) is 6.08. The van der Waals surface area contributed by atoms with Gasteiger partial charge in [0.15, 0.2) is 0 Å². The SMILES string of the molecule is NS(=O)(=O)N(Cl)Cl. The number of nitrogens with zero attached hydrogens (tertiary/aromatic N) is 1. The van der Waals surface area contributed by atoms with E-state index < -0.39 is 10.2 Å². The normalized spacial score (nSPS) is 12.6. The molecule has 0 aromatic carbocycles. The van der Waals surface area contributed by atoms with Gasteiger partial charge in [-0.05, 0) is 3.34 Å². The lowest BCUT2D eigenvalue weighted by atomic mass is 13.8. The highest BCUT2D eigenvalue weighted by atomic mass is 35.5. The second-order valence-corrected chi connectivity index (χ2v) is 3.36. The highest BCUT2D eigenvalue weighted by Crippen LogP contribution is 2.01. The third-order valence-electron chi connectivity index (χ3n) is 0.192. The van der Waals surface area contributed by atoms with E-state index in [0.717, 1.165) is 0 Å². The van der Waals surface area contributed by atoms with Crippen LogP contribution >= 0.6 is 23.6 Å². The molecule has 0 aliphatic heterocycles. The molecule has 4 nitrogen and oxygen atoms in total. The Bertz CT molecular complexity index is 136. The van der Waals surface area contributed by atoms with E-state index >= 15 is 0 Å². The number of rotatable bonds is 1. The van der Waals surface area contributed by atoms with Crippen molar-refractivity contribution in [3.8, 4) is 0 Å². The summed E-state index contributed by atoms with van der Waals surface area (Å²) < 4.78 is 19.4. The van der Waals surface area contributed by atoms with Crippen LogP contribution < -0.4 is 5.14 Å². The lowest BCUT2D eigenvalue weighted by molar-refractivity contribution is 0.581. The fraction of sp³-hybridized carbons (Fsp3) is 0. The first-order chi connectivity index (χ1) is 2.94. The molecule has 0 unspecified atom stereocenters. The van der Waals surface area contributed by atoms with Gasteiger partial charge in [0.05, 0.1) is 0 Å². The lowest BCUT2D eigenvalue weighted by Crippen LogP contribution is -2.21. The zero-order valence-corrected chi connectivity index (χ0v) is 5.33. The highest BCUT2D eigenvalue weighted by Gasteiger charge is 2.08. The summed E-state index contributed by atoms with van der Waals surface area (Å²) in [4.78, 5) is 0. The average Bonchev–Trinajstić information content (AvgIpc) is 1.31. The number of halogens is 2. The molecule has 0 atom stereocenters. The molecule has 7 heavy (non-hydrogen) atoms. The van der Waals surface area contributed by atoms with Crippen molar-refractivity contribution >= 4 is 33.8 Å². The molecule has 0 aliphatic rings. The first-order valence-electron chi connectivity index (χ1n) is 1.09. The standard InChI is InChI=1S/Cl2H2N2O2S/c1-4(2)7(3,5)6/h(H2,3,5,6). The second-order valence-electron chi connectivity index (χ2n) is 0.717. The Hall–Kier alpha value is 0.450. The highest BCUT2D eigenvalue weighted by molar-refractivity contribution is 7.88. The van der Waals surface area contributed by atoms with Crippen molar-refractivity contribution in [2.75, 3.05) is 0 Å². The Morgan fingerprint density at radius 3 is 1.57 bits per heavy atom. The van der Waals surface area contributed by atoms with Gasteiger partial charge in [0.1, 0.15) is 0 Å². The van der Waals surface area contributed by atoms with Gasteiger partial charge in [0, 0.05) is 23.6 Å². The van der Waals surface area contributed by atoms with Crippen molar-refractivity contribution in [1.82, 2.24) is 3.34 Å². The molecule has 0 aromatic rings. The molecule has 0 fully saturated rings. The minimum atomic E-state index is -3.88. The minimum absolute atomic E-state index is 0.118. The second kappa shape index (κ2) is 2.15.